The van der Waals surface area contributed by atoms with E-state index in [4.69, 9.17) is 0 Å². The lowest BCUT2D eigenvalue weighted by molar-refractivity contribution is -0.141. The largest absolute Gasteiger partial charge is 0.465 e. The molecule has 1 heterocycles. The zero-order valence-electron chi connectivity index (χ0n) is 20.7. The van der Waals surface area contributed by atoms with Gasteiger partial charge in [0.2, 0.25) is 9.84 Å². The molecule has 0 radical (unpaired) electrons. The Balaban J connectivity index is 1.70. The van der Waals surface area contributed by atoms with Crippen molar-refractivity contribution in [3.8, 4) is 16.9 Å². The maximum absolute atomic E-state index is 13.5. The molecular formula is C28H22F3IN2O4S. The van der Waals surface area contributed by atoms with Crippen molar-refractivity contribution >= 4 is 44.5 Å². The van der Waals surface area contributed by atoms with Gasteiger partial charge in [-0.3, -0.25) is 0 Å². The van der Waals surface area contributed by atoms with Crippen molar-refractivity contribution in [1.29, 1.82) is 0 Å². The van der Waals surface area contributed by atoms with Crippen LogP contribution in [0, 0.1) is 6.92 Å². The van der Waals surface area contributed by atoms with Gasteiger partial charge in [-0.1, -0.05) is 64.6 Å². The number of allylic oxidation sites excluding steroid dienone is 1. The van der Waals surface area contributed by atoms with Gasteiger partial charge in [0.25, 0.3) is 0 Å². The van der Waals surface area contributed by atoms with Crippen LogP contribution >= 0.6 is 22.6 Å². The van der Waals surface area contributed by atoms with E-state index in [0.717, 1.165) is 16.3 Å². The minimum absolute atomic E-state index is 0.0135. The van der Waals surface area contributed by atoms with Crippen LogP contribution in [0.3, 0.4) is 0 Å². The molecule has 0 N–H and O–H groups in total. The lowest BCUT2D eigenvalue weighted by Gasteiger charge is -2.11. The summed E-state index contributed by atoms with van der Waals surface area (Å²) in [6.45, 7) is 1.87. The summed E-state index contributed by atoms with van der Waals surface area (Å²) < 4.78 is 73.2. The highest BCUT2D eigenvalue weighted by molar-refractivity contribution is 14.1. The van der Waals surface area contributed by atoms with Crippen LogP contribution in [-0.2, 0) is 20.8 Å². The van der Waals surface area contributed by atoms with E-state index < -0.39 is 27.7 Å². The zero-order valence-corrected chi connectivity index (χ0v) is 23.7. The normalized spacial score (nSPS) is 12.4. The Kier molecular flexibility index (Phi) is 8.31. The predicted molar refractivity (Wildman–Crippen MR) is 151 cm³/mol. The Morgan fingerprint density at radius 1 is 1.00 bits per heavy atom. The first-order valence-electron chi connectivity index (χ1n) is 11.5. The molecule has 4 rings (SSSR count). The van der Waals surface area contributed by atoms with Gasteiger partial charge < -0.3 is 4.74 Å². The summed E-state index contributed by atoms with van der Waals surface area (Å²) in [4.78, 5) is 11.8. The fraction of sp³-hybridized carbons (Fsp3) is 0.143. The summed E-state index contributed by atoms with van der Waals surface area (Å²) >= 11 is 1.95. The number of ether oxygens (including phenoxy) is 1. The first kappa shape index (κ1) is 28.6. The van der Waals surface area contributed by atoms with Gasteiger partial charge in [-0.25, -0.2) is 17.9 Å². The van der Waals surface area contributed by atoms with E-state index in [0.29, 0.717) is 16.7 Å². The molecule has 1 aromatic heterocycles. The lowest BCUT2D eigenvalue weighted by atomic mass is 10.1. The Hall–Kier alpha value is -3.45. The number of rotatable bonds is 7. The average Bonchev–Trinajstić information content (AvgIpc) is 3.38. The van der Waals surface area contributed by atoms with E-state index in [9.17, 15) is 26.4 Å². The molecule has 0 aliphatic heterocycles. The van der Waals surface area contributed by atoms with E-state index in [2.05, 4.69) is 9.84 Å². The molecule has 202 valence electrons. The quantitative estimate of drug-likeness (QED) is 0.122. The third-order valence-corrected chi connectivity index (χ3v) is 9.06. The molecule has 0 aliphatic rings. The van der Waals surface area contributed by atoms with E-state index >= 15 is 0 Å². The van der Waals surface area contributed by atoms with Gasteiger partial charge in [-0.05, 0) is 61.0 Å². The summed E-state index contributed by atoms with van der Waals surface area (Å²) in [6, 6.07) is 19.8. The Labute approximate surface area is 237 Å². The standard InChI is InChI=1S/C28H22F3IN2O4S/c1-18-3-7-20(8-4-18)25-16-26(28(29,30)31)33-34(25)22-11-13-23(14-12-22)39(36,37)24(17-32)15-19-5-9-21(10-6-19)27(35)38-2/h3-16H,17H2,1-2H3/b24-15+. The molecule has 0 saturated carbocycles. The first-order valence-corrected chi connectivity index (χ1v) is 14.5. The highest BCUT2D eigenvalue weighted by atomic mass is 127. The van der Waals surface area contributed by atoms with E-state index in [1.54, 1.807) is 36.4 Å². The minimum atomic E-state index is -4.65. The fourth-order valence-corrected chi connectivity index (χ4v) is 6.45. The van der Waals surface area contributed by atoms with Crippen molar-refractivity contribution in [1.82, 2.24) is 9.78 Å². The topological polar surface area (TPSA) is 78.3 Å². The van der Waals surface area contributed by atoms with Crippen molar-refractivity contribution in [3.05, 3.63) is 106 Å². The van der Waals surface area contributed by atoms with E-state index in [1.165, 1.54) is 49.6 Å². The van der Waals surface area contributed by atoms with Crippen LogP contribution < -0.4 is 0 Å². The van der Waals surface area contributed by atoms with Crippen molar-refractivity contribution in [2.75, 3.05) is 11.5 Å². The van der Waals surface area contributed by atoms with Crippen LogP contribution in [0.25, 0.3) is 23.0 Å². The number of halogens is 4. The molecule has 4 aromatic rings. The number of hydrogen-bond donors (Lipinski definition) is 0. The molecule has 6 nitrogen and oxygen atoms in total. The lowest BCUT2D eigenvalue weighted by Crippen LogP contribution is -2.08. The second-order valence-electron chi connectivity index (χ2n) is 8.55. The van der Waals surface area contributed by atoms with E-state index in [1.807, 2.05) is 29.5 Å². The third kappa shape index (κ3) is 6.25. The second kappa shape index (κ2) is 11.3. The predicted octanol–water partition coefficient (Wildman–Crippen LogP) is 6.90. The number of aryl methyl sites for hydroxylation is 1. The molecule has 0 spiro atoms. The number of nitrogens with zero attached hydrogens (tertiary/aromatic N) is 2. The zero-order chi connectivity index (χ0) is 28.4. The van der Waals surface area contributed by atoms with Gasteiger partial charge in [0, 0.05) is 9.99 Å². The monoisotopic (exact) mass is 666 g/mol. The Bertz CT molecular complexity index is 1630. The highest BCUT2D eigenvalue weighted by Crippen LogP contribution is 2.34. The van der Waals surface area contributed by atoms with Gasteiger partial charge in [-0.2, -0.15) is 18.3 Å². The van der Waals surface area contributed by atoms with E-state index in [-0.39, 0.29) is 25.6 Å². The SMILES string of the molecule is COC(=O)c1ccc(/C=C(\CI)S(=O)(=O)c2ccc(-n3nc(C(F)(F)F)cc3-c3ccc(C)cc3)cc2)cc1. The molecule has 3 aromatic carbocycles. The van der Waals surface area contributed by atoms with Gasteiger partial charge in [-0.15, -0.1) is 0 Å². The highest BCUT2D eigenvalue weighted by Gasteiger charge is 2.35. The third-order valence-electron chi connectivity index (χ3n) is 5.88. The maximum atomic E-state index is 13.5. The second-order valence-corrected chi connectivity index (χ2v) is 11.3. The summed E-state index contributed by atoms with van der Waals surface area (Å²) in [6.07, 6.45) is -3.14. The molecule has 0 atom stereocenters. The molecule has 0 bridgehead atoms. The van der Waals surface area contributed by atoms with Gasteiger partial charge in [0.05, 0.1) is 33.9 Å². The van der Waals surface area contributed by atoms with Crippen LogP contribution in [0.15, 0.2) is 88.7 Å². The number of carbonyl (C=O) groups is 1. The molecule has 0 aliphatic carbocycles. The van der Waals surface area contributed by atoms with Gasteiger partial charge >= 0.3 is 12.1 Å². The fourth-order valence-electron chi connectivity index (χ4n) is 3.77. The molecule has 39 heavy (non-hydrogen) atoms. The molecule has 11 heteroatoms. The molecule has 0 fully saturated rings. The number of aromatic nitrogens is 2. The van der Waals surface area contributed by atoms with Crippen LogP contribution in [0.4, 0.5) is 13.2 Å². The molecule has 0 unspecified atom stereocenters. The number of alkyl halides is 4. The molecular weight excluding hydrogens is 644 g/mol. The number of sulfone groups is 1. The van der Waals surface area contributed by atoms with Crippen LogP contribution in [0.2, 0.25) is 0 Å². The summed E-state index contributed by atoms with van der Waals surface area (Å²) in [5.74, 6) is -0.502. The number of benzene rings is 3. The maximum Gasteiger partial charge on any atom is 0.435 e. The Morgan fingerprint density at radius 2 is 1.62 bits per heavy atom. The van der Waals surface area contributed by atoms with Crippen molar-refractivity contribution in [3.63, 3.8) is 0 Å². The Morgan fingerprint density at radius 3 is 2.15 bits per heavy atom. The molecule has 0 saturated heterocycles. The number of esters is 1. The average molecular weight is 666 g/mol. The number of carbonyl (C=O) groups excluding carboxylic acids is 1. The number of methoxy groups -OCH3 is 1. The molecule has 0 amide bonds. The summed E-state index contributed by atoms with van der Waals surface area (Å²) in [7, 11) is -2.64. The minimum Gasteiger partial charge on any atom is -0.465 e. The number of hydrogen-bond acceptors (Lipinski definition) is 5. The summed E-state index contributed by atoms with van der Waals surface area (Å²) in [5.41, 5.74) is 1.85. The van der Waals surface area contributed by atoms with Crippen LogP contribution in [-0.4, -0.2) is 35.7 Å². The first-order chi connectivity index (χ1) is 18.4. The summed E-state index contributed by atoms with van der Waals surface area (Å²) in [5, 5.41) is 3.77. The van der Waals surface area contributed by atoms with Gasteiger partial charge in [0.15, 0.2) is 5.69 Å². The van der Waals surface area contributed by atoms with Gasteiger partial charge in [0.1, 0.15) is 0 Å². The van der Waals surface area contributed by atoms with Crippen molar-refractivity contribution in [2.24, 2.45) is 0 Å². The van der Waals surface area contributed by atoms with Crippen molar-refractivity contribution in [2.45, 2.75) is 18.0 Å². The van der Waals surface area contributed by atoms with Crippen molar-refractivity contribution < 1.29 is 31.1 Å². The van der Waals surface area contributed by atoms with Crippen LogP contribution in [0.5, 0.6) is 0 Å². The van der Waals surface area contributed by atoms with Crippen LogP contribution in [0.1, 0.15) is 27.2 Å². The smallest absolute Gasteiger partial charge is 0.435 e.